The van der Waals surface area contributed by atoms with Gasteiger partial charge in [-0.1, -0.05) is 66.2 Å². The number of hydrogen-bond acceptors (Lipinski definition) is 12. The number of piperidine rings is 2. The number of rotatable bonds is 20. The van der Waals surface area contributed by atoms with Crippen molar-refractivity contribution in [2.75, 3.05) is 26.2 Å². The lowest BCUT2D eigenvalue weighted by atomic mass is 9.82. The molecule has 15 nitrogen and oxygen atoms in total. The van der Waals surface area contributed by atoms with Crippen LogP contribution in [0.15, 0.2) is 4.42 Å². The second-order valence-corrected chi connectivity index (χ2v) is 16.5. The van der Waals surface area contributed by atoms with E-state index in [0.29, 0.717) is 37.7 Å². The van der Waals surface area contributed by atoms with Crippen LogP contribution >= 0.6 is 0 Å². The highest BCUT2D eigenvalue weighted by atomic mass is 32.3. The van der Waals surface area contributed by atoms with Crippen LogP contribution in [0.25, 0.3) is 0 Å². The number of alkyl carbamates (subject to hydrolysis) is 1. The van der Waals surface area contributed by atoms with Crippen LogP contribution in [0.2, 0.25) is 0 Å². The van der Waals surface area contributed by atoms with Crippen LogP contribution < -0.4 is 5.32 Å². The van der Waals surface area contributed by atoms with E-state index in [9.17, 15) is 18.0 Å². The second-order valence-electron chi connectivity index (χ2n) is 15.4. The molecule has 3 fully saturated rings. The summed E-state index contributed by atoms with van der Waals surface area (Å²) in [5.74, 6) is 0.761. The number of aromatic nitrogens is 2. The zero-order chi connectivity index (χ0) is 37.2. The van der Waals surface area contributed by atoms with E-state index in [4.69, 9.17) is 17.7 Å². The molecule has 2 bridgehead atoms. The van der Waals surface area contributed by atoms with Crippen LogP contribution in [0.4, 0.5) is 9.59 Å². The normalized spacial score (nSPS) is 20.8. The van der Waals surface area contributed by atoms with E-state index < -0.39 is 45.7 Å². The summed E-state index contributed by atoms with van der Waals surface area (Å²) in [5.41, 5.74) is -0.982. The zero-order valence-corrected chi connectivity index (χ0v) is 32.8. The molecule has 2 atom stereocenters. The fourth-order valence-electron chi connectivity index (χ4n) is 7.46. The van der Waals surface area contributed by atoms with Gasteiger partial charge in [0.05, 0.1) is 12.6 Å². The summed E-state index contributed by atoms with van der Waals surface area (Å²) in [6.07, 6.45) is 11.1. The van der Waals surface area contributed by atoms with Gasteiger partial charge >= 0.3 is 22.5 Å². The van der Waals surface area contributed by atoms with Crippen LogP contribution in [-0.2, 0) is 30.2 Å². The van der Waals surface area contributed by atoms with Crippen LogP contribution in [0.1, 0.15) is 156 Å². The number of carbonyl (C=O) groups is 2. The highest BCUT2D eigenvalue weighted by Crippen LogP contribution is 2.40. The largest absolute Gasteiger partial charge is 0.444 e. The summed E-state index contributed by atoms with van der Waals surface area (Å²) < 4.78 is 50.0. The molecular weight excluding hydrogens is 678 g/mol. The minimum absolute atomic E-state index is 0.0329. The molecule has 0 saturated carbocycles. The minimum atomic E-state index is -4.61. The first-order valence-corrected chi connectivity index (χ1v) is 20.6. The molecule has 16 heteroatoms. The smallest absolute Gasteiger partial charge is 0.437 e. The number of likely N-dealkylation sites (tertiary alicyclic amines) is 1. The SMILES string of the molecule is CCCCN(OS(=O)(=O)ON1C(=O)N2C[C@@H]1CC[C@H]2c1nnc(CN2CCC(NC(=O)OC(C)(C)C)CC2)o1)C(CCC)(CCCC)CCCC. The Kier molecular flexibility index (Phi) is 14.9. The quantitative estimate of drug-likeness (QED) is 0.142. The van der Waals surface area contributed by atoms with E-state index in [1.54, 1.807) is 9.96 Å². The monoisotopic (exact) mass is 741 g/mol. The number of ether oxygens (including phenoxy) is 1. The molecule has 3 saturated heterocycles. The number of unbranched alkanes of at least 4 members (excludes halogenated alkanes) is 3. The molecule has 51 heavy (non-hydrogen) atoms. The van der Waals surface area contributed by atoms with Gasteiger partial charge in [0.25, 0.3) is 0 Å². The van der Waals surface area contributed by atoms with Crippen molar-refractivity contribution in [2.45, 2.75) is 174 Å². The molecule has 0 aliphatic carbocycles. The van der Waals surface area contributed by atoms with E-state index in [1.165, 1.54) is 0 Å². The standard InChI is InChI=1S/C35H63N7O8S/c1-8-12-20-35(19-11-4,21-13-9-2)41(22-14-10-3)49-51(45,46)50-42-28-15-16-29(40(25-28)33(42)44)31-38-37-30(47-31)26-39-23-17-27(18-24-39)36-32(43)48-34(5,6)7/h27-29H,8-26H2,1-7H3,(H,36,43)/t28-,29-/m0/s1. The molecule has 0 radical (unpaired) electrons. The molecule has 3 amide bonds. The summed E-state index contributed by atoms with van der Waals surface area (Å²) in [7, 11) is -4.61. The molecule has 4 heterocycles. The number of hydrogen-bond donors (Lipinski definition) is 1. The maximum Gasteiger partial charge on any atom is 0.437 e. The molecular formula is C35H63N7O8S. The van der Waals surface area contributed by atoms with Crippen LogP contribution in [0.5, 0.6) is 0 Å². The van der Waals surface area contributed by atoms with Gasteiger partial charge in [0.2, 0.25) is 11.8 Å². The zero-order valence-electron chi connectivity index (χ0n) is 32.0. The van der Waals surface area contributed by atoms with Crippen molar-refractivity contribution >= 4 is 22.5 Å². The fourth-order valence-corrected chi connectivity index (χ4v) is 8.32. The Hall–Kier alpha value is -2.53. The lowest BCUT2D eigenvalue weighted by molar-refractivity contribution is -0.172. The van der Waals surface area contributed by atoms with Gasteiger partial charge < -0.3 is 19.4 Å². The summed E-state index contributed by atoms with van der Waals surface area (Å²) in [4.78, 5) is 29.5. The topological polar surface area (TPSA) is 160 Å². The molecule has 0 spiro atoms. The maximum atomic E-state index is 13.7. The maximum absolute atomic E-state index is 13.7. The van der Waals surface area contributed by atoms with Crippen molar-refractivity contribution in [1.82, 2.24) is 35.4 Å². The lowest BCUT2D eigenvalue weighted by Crippen LogP contribution is -2.51. The van der Waals surface area contributed by atoms with Crippen molar-refractivity contribution < 1.29 is 35.7 Å². The van der Waals surface area contributed by atoms with Gasteiger partial charge in [-0.2, -0.15) is 22.8 Å². The van der Waals surface area contributed by atoms with E-state index in [2.05, 4.69) is 48.1 Å². The lowest BCUT2D eigenvalue weighted by Gasteiger charge is -2.43. The average molecular weight is 742 g/mol. The van der Waals surface area contributed by atoms with E-state index in [-0.39, 0.29) is 12.6 Å². The Bertz CT molecular complexity index is 1350. The van der Waals surface area contributed by atoms with Gasteiger partial charge in [-0.3, -0.25) is 4.90 Å². The summed E-state index contributed by atoms with van der Waals surface area (Å²) in [5, 5.41) is 14.1. The number of hydroxylamine groups is 4. The Balaban J connectivity index is 1.36. The third kappa shape index (κ3) is 11.5. The van der Waals surface area contributed by atoms with Crippen molar-refractivity contribution in [3.05, 3.63) is 11.8 Å². The number of fused-ring (bicyclic) bond motifs is 2. The number of carbonyl (C=O) groups excluding carboxylic acids is 2. The Morgan fingerprint density at radius 3 is 2.22 bits per heavy atom. The third-order valence-electron chi connectivity index (χ3n) is 10.1. The van der Waals surface area contributed by atoms with Gasteiger partial charge in [-0.05, 0) is 72.1 Å². The van der Waals surface area contributed by atoms with E-state index in [0.717, 1.165) is 95.2 Å². The predicted molar refractivity (Wildman–Crippen MR) is 191 cm³/mol. The molecule has 292 valence electrons. The first-order valence-electron chi connectivity index (χ1n) is 19.3. The van der Waals surface area contributed by atoms with Crippen molar-refractivity contribution in [2.24, 2.45) is 0 Å². The highest BCUT2D eigenvalue weighted by molar-refractivity contribution is 7.81. The minimum Gasteiger partial charge on any atom is -0.444 e. The molecule has 4 rings (SSSR count). The second kappa shape index (κ2) is 18.5. The van der Waals surface area contributed by atoms with Gasteiger partial charge in [-0.15, -0.1) is 14.5 Å². The highest BCUT2D eigenvalue weighted by Gasteiger charge is 2.50. The summed E-state index contributed by atoms with van der Waals surface area (Å²) in [6.45, 7) is 16.6. The molecule has 0 unspecified atom stereocenters. The third-order valence-corrected chi connectivity index (χ3v) is 10.8. The van der Waals surface area contributed by atoms with Crippen molar-refractivity contribution in [3.8, 4) is 0 Å². The predicted octanol–water partition coefficient (Wildman–Crippen LogP) is 6.63. The fraction of sp³-hybridized carbons (Fsp3) is 0.886. The molecule has 0 aromatic carbocycles. The molecule has 3 aliphatic heterocycles. The number of urea groups is 1. The Labute approximate surface area is 305 Å². The number of nitrogens with one attached hydrogen (secondary N) is 1. The van der Waals surface area contributed by atoms with Crippen LogP contribution in [0, 0.1) is 0 Å². The van der Waals surface area contributed by atoms with E-state index >= 15 is 0 Å². The van der Waals surface area contributed by atoms with Crippen molar-refractivity contribution in [3.63, 3.8) is 0 Å². The van der Waals surface area contributed by atoms with Crippen LogP contribution in [-0.4, -0.2) is 100 Å². The Morgan fingerprint density at radius 1 is 0.941 bits per heavy atom. The average Bonchev–Trinajstić information content (AvgIpc) is 3.62. The molecule has 1 aromatic heterocycles. The van der Waals surface area contributed by atoms with Gasteiger partial charge in [0.15, 0.2) is 0 Å². The van der Waals surface area contributed by atoms with Gasteiger partial charge in [0.1, 0.15) is 11.6 Å². The van der Waals surface area contributed by atoms with E-state index in [1.807, 2.05) is 20.8 Å². The first-order chi connectivity index (χ1) is 24.2. The Morgan fingerprint density at radius 2 is 1.61 bits per heavy atom. The summed E-state index contributed by atoms with van der Waals surface area (Å²) >= 11 is 0. The molecule has 1 N–H and O–H groups in total. The van der Waals surface area contributed by atoms with Crippen molar-refractivity contribution in [1.29, 1.82) is 0 Å². The van der Waals surface area contributed by atoms with Gasteiger partial charge in [0, 0.05) is 37.8 Å². The van der Waals surface area contributed by atoms with Gasteiger partial charge in [-0.25, -0.2) is 9.59 Å². The first kappa shape index (κ1) is 41.2. The van der Waals surface area contributed by atoms with Crippen LogP contribution in [0.3, 0.4) is 0 Å². The number of amides is 3. The molecule has 1 aromatic rings. The molecule has 3 aliphatic rings. The summed E-state index contributed by atoms with van der Waals surface area (Å²) in [6, 6.07) is -1.47. The number of nitrogens with zero attached hydrogens (tertiary/aromatic N) is 6.